The van der Waals surface area contributed by atoms with E-state index in [1.54, 1.807) is 29.6 Å². The summed E-state index contributed by atoms with van der Waals surface area (Å²) in [5.41, 5.74) is -0.665. The van der Waals surface area contributed by atoms with E-state index in [0.29, 0.717) is 10.8 Å². The van der Waals surface area contributed by atoms with Crippen molar-refractivity contribution in [3.63, 3.8) is 0 Å². The number of nitrogens with one attached hydrogen (secondary N) is 1. The Morgan fingerprint density at radius 3 is 2.50 bits per heavy atom. The van der Waals surface area contributed by atoms with Crippen molar-refractivity contribution < 1.29 is 56.8 Å². The van der Waals surface area contributed by atoms with Crippen LogP contribution in [0.15, 0.2) is 41.5 Å². The Balaban J connectivity index is 1.50. The first-order valence-electron chi connectivity index (χ1n) is 12.4. The minimum Gasteiger partial charge on any atom is -0.507 e. The van der Waals surface area contributed by atoms with Crippen LogP contribution in [-0.4, -0.2) is 76.6 Å². The van der Waals surface area contributed by atoms with E-state index in [1.165, 1.54) is 19.9 Å². The van der Waals surface area contributed by atoms with Crippen LogP contribution >= 0.6 is 0 Å². The number of halogens is 3. The highest BCUT2D eigenvalue weighted by Crippen LogP contribution is 2.43. The first-order valence-corrected chi connectivity index (χ1v) is 12.4. The lowest BCUT2D eigenvalue weighted by Gasteiger charge is -2.41. The summed E-state index contributed by atoms with van der Waals surface area (Å²) in [5, 5.41) is 23.8. The second-order valence-electron chi connectivity index (χ2n) is 9.90. The number of ether oxygens (including phenoxy) is 3. The summed E-state index contributed by atoms with van der Waals surface area (Å²) in [4.78, 5) is 51.1. The minimum atomic E-state index is -5.20. The number of aliphatic hydroxyl groups excluding tert-OH is 1. The fourth-order valence-electron chi connectivity index (χ4n) is 5.20. The van der Waals surface area contributed by atoms with E-state index in [1.807, 2.05) is 0 Å². The maximum atomic E-state index is 13.7. The van der Waals surface area contributed by atoms with Gasteiger partial charge in [0.15, 0.2) is 29.9 Å². The molecule has 3 N–H and O–H groups in total. The Morgan fingerprint density at radius 2 is 1.82 bits per heavy atom. The molecule has 13 heteroatoms. The van der Waals surface area contributed by atoms with Crippen molar-refractivity contribution in [2.75, 3.05) is 0 Å². The van der Waals surface area contributed by atoms with Gasteiger partial charge in [-0.05, 0) is 25.3 Å². The van der Waals surface area contributed by atoms with Gasteiger partial charge in [0.05, 0.1) is 23.3 Å². The molecule has 1 fully saturated rings. The first kappa shape index (κ1) is 27.9. The third-order valence-corrected chi connectivity index (χ3v) is 7.26. The molecule has 0 bridgehead atoms. The van der Waals surface area contributed by atoms with E-state index in [2.05, 4.69) is 0 Å². The average molecular weight is 563 g/mol. The van der Waals surface area contributed by atoms with Crippen LogP contribution in [0.25, 0.3) is 10.8 Å². The van der Waals surface area contributed by atoms with E-state index in [4.69, 9.17) is 14.2 Å². The maximum Gasteiger partial charge on any atom is 0.471 e. The summed E-state index contributed by atoms with van der Waals surface area (Å²) in [6, 6.07) is 6.59. The molecule has 2 heterocycles. The van der Waals surface area contributed by atoms with Gasteiger partial charge in [-0.2, -0.15) is 13.2 Å². The fraction of sp³-hybridized carbons (Fsp3) is 0.407. The third kappa shape index (κ3) is 4.79. The molecule has 3 aliphatic rings. The van der Waals surface area contributed by atoms with Crippen LogP contribution in [0.5, 0.6) is 5.75 Å². The molecule has 10 nitrogen and oxygen atoms in total. The van der Waals surface area contributed by atoms with Crippen LogP contribution in [-0.2, 0) is 23.8 Å². The monoisotopic (exact) mass is 563 g/mol. The van der Waals surface area contributed by atoms with Crippen LogP contribution in [0.4, 0.5) is 13.2 Å². The molecule has 2 aliphatic heterocycles. The van der Waals surface area contributed by atoms with Crippen molar-refractivity contribution in [1.29, 1.82) is 0 Å². The average Bonchev–Trinajstić information content (AvgIpc) is 2.89. The quantitative estimate of drug-likeness (QED) is 0.510. The van der Waals surface area contributed by atoms with Crippen LogP contribution in [0, 0.1) is 0 Å². The number of phenolic OH excluding ortho intramolecular Hbond substituents is 1. The van der Waals surface area contributed by atoms with Gasteiger partial charge in [0.25, 0.3) is 0 Å². The molecule has 1 saturated heterocycles. The number of carbonyl (C=O) groups excluding carboxylic acids is 4. The smallest absolute Gasteiger partial charge is 0.471 e. The number of aliphatic hydroxyl groups is 1. The van der Waals surface area contributed by atoms with Crippen LogP contribution in [0.2, 0.25) is 0 Å². The van der Waals surface area contributed by atoms with E-state index in [0.717, 1.165) is 0 Å². The third-order valence-electron chi connectivity index (χ3n) is 7.26. The number of amides is 1. The second-order valence-corrected chi connectivity index (χ2v) is 9.90. The summed E-state index contributed by atoms with van der Waals surface area (Å²) >= 11 is 0. The normalized spacial score (nSPS) is 28.8. The van der Waals surface area contributed by atoms with Crippen molar-refractivity contribution in [2.24, 2.45) is 0 Å². The molecule has 1 amide bonds. The van der Waals surface area contributed by atoms with Gasteiger partial charge in [0, 0.05) is 29.4 Å². The van der Waals surface area contributed by atoms with Gasteiger partial charge in [-0.15, -0.1) is 0 Å². The zero-order chi connectivity index (χ0) is 29.1. The zero-order valence-electron chi connectivity index (χ0n) is 21.2. The molecule has 0 radical (unpaired) electrons. The van der Waals surface area contributed by atoms with Gasteiger partial charge in [0.2, 0.25) is 0 Å². The highest BCUT2D eigenvalue weighted by Gasteiger charge is 2.48. The number of ketones is 3. The summed E-state index contributed by atoms with van der Waals surface area (Å²) in [5.74, 6) is -4.54. The number of fused-ring (bicyclic) bond motifs is 2. The molecule has 6 atom stereocenters. The number of hydrogen-bond donors (Lipinski definition) is 3. The molecule has 5 rings (SSSR count). The predicted octanol–water partition coefficient (Wildman–Crippen LogP) is 2.48. The molecular weight excluding hydrogens is 539 g/mol. The Bertz CT molecular complexity index is 1470. The molecule has 0 saturated carbocycles. The number of phenols is 1. The van der Waals surface area contributed by atoms with Gasteiger partial charge in [-0.1, -0.05) is 24.3 Å². The summed E-state index contributed by atoms with van der Waals surface area (Å²) in [6.07, 6.45) is -12.8. The van der Waals surface area contributed by atoms with E-state index in [9.17, 15) is 42.6 Å². The fourth-order valence-corrected chi connectivity index (χ4v) is 5.20. The largest absolute Gasteiger partial charge is 0.507 e. The van der Waals surface area contributed by atoms with Gasteiger partial charge in [-0.3, -0.25) is 19.2 Å². The number of hydrogen-bond acceptors (Lipinski definition) is 9. The summed E-state index contributed by atoms with van der Waals surface area (Å²) in [6.45, 7) is 2.55. The minimum absolute atomic E-state index is 0.106. The standard InChI is InChI=1S/C27H24F3NO9/c1-10(32)17-8-15-20(24(36)14-7-12-5-3-4-6-13(12)22(34)19(14)23(15)35)25(39-17)40-18-9-16(21(33)11(2)38-18)31-26(37)27(28,29)30/h3-7,11,16-18,21,25,33-34H,8-9H2,1-2H3,(H,31,37)/t11-,16-,17-,18-,21+,25+/m0/s1. The summed E-state index contributed by atoms with van der Waals surface area (Å²) in [7, 11) is 0. The highest BCUT2D eigenvalue weighted by atomic mass is 19.4. The lowest BCUT2D eigenvalue weighted by molar-refractivity contribution is -0.283. The van der Waals surface area contributed by atoms with Gasteiger partial charge in [-0.25, -0.2) is 0 Å². The van der Waals surface area contributed by atoms with E-state index >= 15 is 0 Å². The lowest BCUT2D eigenvalue weighted by atomic mass is 9.78. The lowest BCUT2D eigenvalue weighted by Crippen LogP contribution is -2.58. The number of alkyl halides is 3. The van der Waals surface area contributed by atoms with Crippen molar-refractivity contribution in [2.45, 2.75) is 69.8 Å². The number of benzene rings is 2. The molecule has 0 unspecified atom stereocenters. The molecule has 0 spiro atoms. The Hall–Kier alpha value is -3.65. The van der Waals surface area contributed by atoms with Gasteiger partial charge in [0.1, 0.15) is 18.0 Å². The van der Waals surface area contributed by atoms with Crippen LogP contribution in [0.3, 0.4) is 0 Å². The van der Waals surface area contributed by atoms with Gasteiger partial charge >= 0.3 is 12.1 Å². The number of rotatable bonds is 4. The Labute approximate surface area is 224 Å². The SMILES string of the molecule is CC(=O)[C@@H]1CC2=C(C(=O)c3cc4ccccc4c(O)c3C2=O)[C@@H](O[C@H]2C[C@H](NC(=O)C(F)(F)F)[C@H](O)[C@H](C)O2)O1. The summed E-state index contributed by atoms with van der Waals surface area (Å²) < 4.78 is 55.6. The molecule has 212 valence electrons. The second kappa shape index (κ2) is 10.1. The number of carbonyl (C=O) groups is 4. The first-order chi connectivity index (χ1) is 18.8. The van der Waals surface area contributed by atoms with Crippen molar-refractivity contribution in [1.82, 2.24) is 5.32 Å². The highest BCUT2D eigenvalue weighted by molar-refractivity contribution is 6.30. The molecule has 2 aromatic rings. The van der Waals surface area contributed by atoms with Crippen LogP contribution in [0.1, 0.15) is 47.4 Å². The van der Waals surface area contributed by atoms with E-state index < -0.39 is 72.8 Å². The van der Waals surface area contributed by atoms with Crippen molar-refractivity contribution >= 4 is 34.0 Å². The number of aromatic hydroxyl groups is 1. The van der Waals surface area contributed by atoms with Crippen molar-refractivity contribution in [3.8, 4) is 5.75 Å². The molecular formula is C27H24F3NO9. The molecule has 2 aromatic carbocycles. The Morgan fingerprint density at radius 1 is 1.12 bits per heavy atom. The Kier molecular flexibility index (Phi) is 7.03. The predicted molar refractivity (Wildman–Crippen MR) is 129 cm³/mol. The molecule has 40 heavy (non-hydrogen) atoms. The van der Waals surface area contributed by atoms with Crippen LogP contribution < -0.4 is 5.32 Å². The van der Waals surface area contributed by atoms with E-state index in [-0.39, 0.29) is 34.4 Å². The van der Waals surface area contributed by atoms with Gasteiger partial charge < -0.3 is 29.7 Å². The topological polar surface area (TPSA) is 148 Å². The molecule has 1 aliphatic carbocycles. The molecule has 0 aromatic heterocycles. The number of Topliss-reactive ketones (excluding diaryl/α,β-unsaturated/α-hetero) is 3. The zero-order valence-corrected chi connectivity index (χ0v) is 21.2. The maximum absolute atomic E-state index is 13.7. The van der Waals surface area contributed by atoms with Crippen molar-refractivity contribution in [3.05, 3.63) is 52.6 Å².